The maximum atomic E-state index is 13.5. The lowest BCUT2D eigenvalue weighted by molar-refractivity contribution is -0.119. The van der Waals surface area contributed by atoms with E-state index in [9.17, 15) is 14.9 Å². The van der Waals surface area contributed by atoms with E-state index >= 15 is 0 Å². The van der Waals surface area contributed by atoms with E-state index in [1.165, 1.54) is 11.5 Å². The van der Waals surface area contributed by atoms with E-state index in [1.807, 2.05) is 16.8 Å². The lowest BCUT2D eigenvalue weighted by atomic mass is 10.2. The van der Waals surface area contributed by atoms with Gasteiger partial charge in [0.1, 0.15) is 12.1 Å². The maximum Gasteiger partial charge on any atom is 0.340 e. The molecular formula is C24H18N6O2S. The van der Waals surface area contributed by atoms with Crippen LogP contribution in [-0.2, 0) is 22.7 Å². The molecule has 1 N–H and O–H groups in total. The molecule has 0 saturated carbocycles. The number of aromatic nitrogens is 2. The summed E-state index contributed by atoms with van der Waals surface area (Å²) in [4.78, 5) is 34.2. The number of rotatable bonds is 6. The number of hydrogen-bond acceptors (Lipinski definition) is 5. The van der Waals surface area contributed by atoms with Gasteiger partial charge in [-0.15, -0.1) is 11.6 Å². The van der Waals surface area contributed by atoms with Gasteiger partial charge in [-0.2, -0.15) is 16.6 Å². The van der Waals surface area contributed by atoms with Gasteiger partial charge in [0.15, 0.2) is 5.52 Å². The Kier molecular flexibility index (Phi) is 6.16. The standard InChI is InChI=1S/C24H18N6O2S/c1-16(31)27-19-4-6-20(7-5-19)29(13-18-9-10-33-15-18)23(32)14-30-22-11-17(12-25)3-8-21(22)28-24(30)26-2/h3-11,15H,13-14H2,1H3,(H,27,31). The Morgan fingerprint density at radius 1 is 1.24 bits per heavy atom. The lowest BCUT2D eigenvalue weighted by Gasteiger charge is -2.23. The number of nitrogens with zero attached hydrogens (tertiary/aromatic N) is 5. The number of benzene rings is 2. The summed E-state index contributed by atoms with van der Waals surface area (Å²) in [6.45, 7) is 9.16. The van der Waals surface area contributed by atoms with Crippen molar-refractivity contribution in [2.75, 3.05) is 10.2 Å². The fraction of sp³-hybridized carbons (Fsp3) is 0.125. The summed E-state index contributed by atoms with van der Waals surface area (Å²) in [6, 6.07) is 16.0. The second kappa shape index (κ2) is 9.35. The summed E-state index contributed by atoms with van der Waals surface area (Å²) >= 11 is 1.54. The SMILES string of the molecule is [C-]#[N+]c1nc2ccc(C#N)cc2n1CC(=O)N(Cc1ccsc1)c1ccc(NC(C)=O)cc1. The number of fused-ring (bicyclic) bond motifs is 1. The van der Waals surface area contributed by atoms with Crippen molar-refractivity contribution >= 4 is 51.5 Å². The van der Waals surface area contributed by atoms with E-state index in [4.69, 9.17) is 6.57 Å². The number of anilines is 2. The van der Waals surface area contributed by atoms with Gasteiger partial charge in [0.25, 0.3) is 5.91 Å². The van der Waals surface area contributed by atoms with E-state index in [0.717, 1.165) is 5.56 Å². The van der Waals surface area contributed by atoms with Gasteiger partial charge in [-0.1, -0.05) is 0 Å². The monoisotopic (exact) mass is 454 g/mol. The highest BCUT2D eigenvalue weighted by molar-refractivity contribution is 7.07. The largest absolute Gasteiger partial charge is 0.396 e. The van der Waals surface area contributed by atoms with Crippen LogP contribution >= 0.6 is 11.3 Å². The van der Waals surface area contributed by atoms with Gasteiger partial charge in [0.05, 0.1) is 18.2 Å². The Bertz CT molecular complexity index is 1410. The van der Waals surface area contributed by atoms with Crippen LogP contribution in [0.1, 0.15) is 18.1 Å². The predicted molar refractivity (Wildman–Crippen MR) is 127 cm³/mol. The lowest BCUT2D eigenvalue weighted by Crippen LogP contribution is -2.33. The normalized spacial score (nSPS) is 10.4. The molecule has 162 valence electrons. The zero-order valence-electron chi connectivity index (χ0n) is 17.6. The second-order valence-electron chi connectivity index (χ2n) is 7.26. The van der Waals surface area contributed by atoms with Gasteiger partial charge >= 0.3 is 5.95 Å². The van der Waals surface area contributed by atoms with Crippen LogP contribution in [0, 0.1) is 17.9 Å². The average molecular weight is 455 g/mol. The summed E-state index contributed by atoms with van der Waals surface area (Å²) in [6.07, 6.45) is 0. The van der Waals surface area contributed by atoms with Crippen LogP contribution in [0.3, 0.4) is 0 Å². The first kappa shape index (κ1) is 21.8. The zero-order chi connectivity index (χ0) is 23.4. The zero-order valence-corrected chi connectivity index (χ0v) is 18.5. The summed E-state index contributed by atoms with van der Waals surface area (Å²) in [5.74, 6) is -0.325. The number of nitrogens with one attached hydrogen (secondary N) is 1. The van der Waals surface area contributed by atoms with Crippen LogP contribution in [0.2, 0.25) is 0 Å². The number of carbonyl (C=O) groups excluding carboxylic acids is 2. The van der Waals surface area contributed by atoms with E-state index < -0.39 is 0 Å². The molecule has 2 aromatic carbocycles. The quantitative estimate of drug-likeness (QED) is 0.427. The third kappa shape index (κ3) is 4.74. The first-order chi connectivity index (χ1) is 16.0. The first-order valence-corrected chi connectivity index (χ1v) is 10.9. The number of amides is 2. The Morgan fingerprint density at radius 2 is 2.03 bits per heavy atom. The molecule has 9 heteroatoms. The van der Waals surface area contributed by atoms with E-state index in [2.05, 4.69) is 21.2 Å². The topological polar surface area (TPSA) is 95.4 Å². The minimum absolute atomic E-state index is 0.0879. The van der Waals surface area contributed by atoms with Gasteiger partial charge in [-0.25, -0.2) is 0 Å². The molecule has 0 aliphatic heterocycles. The number of hydrogen-bond donors (Lipinski definition) is 1. The number of carbonyl (C=O) groups is 2. The van der Waals surface area contributed by atoms with Crippen LogP contribution in [0.25, 0.3) is 15.9 Å². The Balaban J connectivity index is 1.69. The Hall–Kier alpha value is -4.47. The first-order valence-electron chi connectivity index (χ1n) is 9.95. The summed E-state index contributed by atoms with van der Waals surface area (Å²) in [7, 11) is 0. The van der Waals surface area contributed by atoms with Gasteiger partial charge in [-0.3, -0.25) is 14.2 Å². The predicted octanol–water partition coefficient (Wildman–Crippen LogP) is 4.71. The van der Waals surface area contributed by atoms with Crippen LogP contribution < -0.4 is 10.2 Å². The molecule has 0 fully saturated rings. The van der Waals surface area contributed by atoms with Crippen LogP contribution in [0.4, 0.5) is 17.3 Å². The van der Waals surface area contributed by atoms with E-state index in [0.29, 0.717) is 34.5 Å². The Labute approximate surface area is 194 Å². The van der Waals surface area contributed by atoms with E-state index in [-0.39, 0.29) is 24.3 Å². The minimum atomic E-state index is -0.236. The van der Waals surface area contributed by atoms with Crippen molar-refractivity contribution < 1.29 is 9.59 Å². The van der Waals surface area contributed by atoms with Crippen LogP contribution in [-0.4, -0.2) is 21.4 Å². The van der Waals surface area contributed by atoms with Gasteiger partial charge < -0.3 is 15.1 Å². The highest BCUT2D eigenvalue weighted by Gasteiger charge is 2.22. The summed E-state index contributed by atoms with van der Waals surface area (Å²) in [5.41, 5.74) is 3.81. The summed E-state index contributed by atoms with van der Waals surface area (Å²) < 4.78 is 1.54. The number of thiophene rings is 1. The van der Waals surface area contributed by atoms with Crippen LogP contribution in [0.5, 0.6) is 0 Å². The smallest absolute Gasteiger partial charge is 0.340 e. The molecule has 2 aromatic heterocycles. The van der Waals surface area contributed by atoms with Gasteiger partial charge in [-0.05, 0) is 64.9 Å². The van der Waals surface area contributed by atoms with Crippen molar-refractivity contribution in [3.63, 3.8) is 0 Å². The Morgan fingerprint density at radius 3 is 2.67 bits per heavy atom. The molecule has 0 bridgehead atoms. The van der Waals surface area contributed by atoms with E-state index in [1.54, 1.807) is 58.7 Å². The molecule has 0 aliphatic rings. The molecule has 0 spiro atoms. The molecule has 33 heavy (non-hydrogen) atoms. The third-order valence-electron chi connectivity index (χ3n) is 4.97. The highest BCUT2D eigenvalue weighted by atomic mass is 32.1. The molecule has 0 radical (unpaired) electrons. The number of imidazole rings is 1. The molecular weight excluding hydrogens is 436 g/mol. The van der Waals surface area contributed by atoms with Gasteiger partial charge in [0, 0.05) is 18.3 Å². The van der Waals surface area contributed by atoms with Crippen molar-refractivity contribution in [1.82, 2.24) is 9.55 Å². The van der Waals surface area contributed by atoms with Crippen molar-refractivity contribution in [2.45, 2.75) is 20.0 Å². The molecule has 8 nitrogen and oxygen atoms in total. The number of nitriles is 1. The molecule has 0 unspecified atom stereocenters. The molecule has 4 rings (SSSR count). The highest BCUT2D eigenvalue weighted by Crippen LogP contribution is 2.26. The van der Waals surface area contributed by atoms with Crippen molar-refractivity contribution in [3.8, 4) is 6.07 Å². The van der Waals surface area contributed by atoms with Crippen LogP contribution in [0.15, 0.2) is 59.3 Å². The molecule has 2 heterocycles. The van der Waals surface area contributed by atoms with Crippen molar-refractivity contribution in [1.29, 1.82) is 5.26 Å². The second-order valence-corrected chi connectivity index (χ2v) is 8.04. The molecule has 2 amide bonds. The third-order valence-corrected chi connectivity index (χ3v) is 5.70. The maximum absolute atomic E-state index is 13.5. The minimum Gasteiger partial charge on any atom is -0.396 e. The molecule has 0 aliphatic carbocycles. The fourth-order valence-corrected chi connectivity index (χ4v) is 4.12. The summed E-state index contributed by atoms with van der Waals surface area (Å²) in [5, 5.41) is 15.9. The van der Waals surface area contributed by atoms with Crippen molar-refractivity contribution in [3.05, 3.63) is 81.8 Å². The molecule has 4 aromatic rings. The molecule has 0 atom stereocenters. The van der Waals surface area contributed by atoms with Crippen molar-refractivity contribution in [2.24, 2.45) is 0 Å². The molecule has 0 saturated heterocycles. The van der Waals surface area contributed by atoms with Gasteiger partial charge in [0.2, 0.25) is 5.91 Å². The fourth-order valence-electron chi connectivity index (χ4n) is 3.46. The average Bonchev–Trinajstić information content (AvgIpc) is 3.45.